The Labute approximate surface area is 96.8 Å². The molecule has 1 nitrogen and oxygen atoms in total. The van der Waals surface area contributed by atoms with Gasteiger partial charge in [-0.3, -0.25) is 0 Å². The van der Waals surface area contributed by atoms with Gasteiger partial charge in [0.2, 0.25) is 0 Å². The molecule has 1 aromatic rings. The summed E-state index contributed by atoms with van der Waals surface area (Å²) in [5.74, 6) is 1.11. The van der Waals surface area contributed by atoms with Gasteiger partial charge in [0.05, 0.1) is 0 Å². The molecule has 1 aromatic carbocycles. The summed E-state index contributed by atoms with van der Waals surface area (Å²) in [6, 6.07) is 8.53. The lowest BCUT2D eigenvalue weighted by Gasteiger charge is -2.08. The van der Waals surface area contributed by atoms with Crippen LogP contribution in [0.25, 0.3) is 0 Å². The van der Waals surface area contributed by atoms with E-state index in [1.165, 1.54) is 16.0 Å². The van der Waals surface area contributed by atoms with Crippen LogP contribution in [0.4, 0.5) is 0 Å². The second kappa shape index (κ2) is 5.99. The van der Waals surface area contributed by atoms with Crippen LogP contribution in [0.15, 0.2) is 40.8 Å². The number of allylic oxidation sites excluding steroid dienone is 1. The first-order valence-corrected chi connectivity index (χ1v) is 6.25. The standard InChI is InChI=1S/C13H19NS/c1-4-15-12-7-5-11(6-8-12)13(14)9-10(2)3/h5-9,13H,4,14H2,1-3H3. The van der Waals surface area contributed by atoms with E-state index in [9.17, 15) is 0 Å². The lowest BCUT2D eigenvalue weighted by atomic mass is 10.1. The van der Waals surface area contributed by atoms with Crippen molar-refractivity contribution >= 4 is 11.8 Å². The van der Waals surface area contributed by atoms with Gasteiger partial charge in [-0.05, 0) is 37.3 Å². The van der Waals surface area contributed by atoms with Crippen LogP contribution >= 0.6 is 11.8 Å². The van der Waals surface area contributed by atoms with Crippen LogP contribution in [0.3, 0.4) is 0 Å². The number of thioether (sulfide) groups is 1. The van der Waals surface area contributed by atoms with Crippen molar-refractivity contribution in [2.24, 2.45) is 5.73 Å². The molecule has 0 fully saturated rings. The summed E-state index contributed by atoms with van der Waals surface area (Å²) < 4.78 is 0. The molecule has 0 aromatic heterocycles. The predicted molar refractivity (Wildman–Crippen MR) is 69.2 cm³/mol. The molecule has 0 aliphatic rings. The first-order chi connectivity index (χ1) is 7.13. The zero-order valence-electron chi connectivity index (χ0n) is 9.66. The molecule has 15 heavy (non-hydrogen) atoms. The molecule has 1 rings (SSSR count). The van der Waals surface area contributed by atoms with Gasteiger partial charge in [-0.25, -0.2) is 0 Å². The van der Waals surface area contributed by atoms with E-state index in [0.717, 1.165) is 5.75 Å². The lowest BCUT2D eigenvalue weighted by Crippen LogP contribution is -2.07. The van der Waals surface area contributed by atoms with Gasteiger partial charge in [-0.2, -0.15) is 0 Å². The molecular weight excluding hydrogens is 202 g/mol. The van der Waals surface area contributed by atoms with Crippen LogP contribution in [0.1, 0.15) is 32.4 Å². The highest BCUT2D eigenvalue weighted by atomic mass is 32.2. The second-order valence-corrected chi connectivity index (χ2v) is 5.11. The number of rotatable bonds is 4. The topological polar surface area (TPSA) is 26.0 Å². The van der Waals surface area contributed by atoms with Crippen molar-refractivity contribution in [1.82, 2.24) is 0 Å². The van der Waals surface area contributed by atoms with Crippen molar-refractivity contribution in [3.05, 3.63) is 41.5 Å². The minimum Gasteiger partial charge on any atom is -0.321 e. The first kappa shape index (κ1) is 12.3. The predicted octanol–water partition coefficient (Wildman–Crippen LogP) is 3.76. The number of hydrogen-bond acceptors (Lipinski definition) is 2. The Bertz CT molecular complexity index is 323. The second-order valence-electron chi connectivity index (χ2n) is 3.77. The molecule has 1 atom stereocenters. The highest BCUT2D eigenvalue weighted by Crippen LogP contribution is 2.20. The Morgan fingerprint density at radius 2 is 1.93 bits per heavy atom. The summed E-state index contributed by atoms with van der Waals surface area (Å²) >= 11 is 1.85. The van der Waals surface area contributed by atoms with Crippen molar-refractivity contribution in [1.29, 1.82) is 0 Å². The van der Waals surface area contributed by atoms with Crippen LogP contribution in [0.2, 0.25) is 0 Å². The summed E-state index contributed by atoms with van der Waals surface area (Å²) in [6.07, 6.45) is 2.09. The van der Waals surface area contributed by atoms with E-state index in [1.807, 2.05) is 11.8 Å². The fourth-order valence-electron chi connectivity index (χ4n) is 1.41. The molecule has 2 heteroatoms. The molecule has 2 N–H and O–H groups in total. The van der Waals surface area contributed by atoms with Gasteiger partial charge in [-0.15, -0.1) is 11.8 Å². The Morgan fingerprint density at radius 3 is 2.40 bits per heavy atom. The average molecular weight is 221 g/mol. The highest BCUT2D eigenvalue weighted by molar-refractivity contribution is 7.99. The molecular formula is C13H19NS. The van der Waals surface area contributed by atoms with E-state index < -0.39 is 0 Å². The van der Waals surface area contributed by atoms with Crippen LogP contribution in [-0.2, 0) is 0 Å². The molecule has 0 aliphatic carbocycles. The van der Waals surface area contributed by atoms with Crippen molar-refractivity contribution in [2.75, 3.05) is 5.75 Å². The molecule has 0 saturated heterocycles. The third kappa shape index (κ3) is 4.10. The Morgan fingerprint density at radius 1 is 1.33 bits per heavy atom. The van der Waals surface area contributed by atoms with Gasteiger partial charge in [0.15, 0.2) is 0 Å². The van der Waals surface area contributed by atoms with E-state index in [1.54, 1.807) is 0 Å². The molecule has 0 radical (unpaired) electrons. The smallest absolute Gasteiger partial charge is 0.0483 e. The molecule has 0 saturated carbocycles. The third-order valence-electron chi connectivity index (χ3n) is 2.09. The third-order valence-corrected chi connectivity index (χ3v) is 2.98. The number of nitrogens with two attached hydrogens (primary N) is 1. The summed E-state index contributed by atoms with van der Waals surface area (Å²) in [6.45, 7) is 6.30. The van der Waals surface area contributed by atoms with Gasteiger partial charge >= 0.3 is 0 Å². The van der Waals surface area contributed by atoms with Crippen LogP contribution in [0, 0.1) is 0 Å². The minimum absolute atomic E-state index is 0.0238. The van der Waals surface area contributed by atoms with Crippen LogP contribution in [-0.4, -0.2) is 5.75 Å². The summed E-state index contributed by atoms with van der Waals surface area (Å²) in [7, 11) is 0. The van der Waals surface area contributed by atoms with E-state index in [2.05, 4.69) is 51.1 Å². The molecule has 0 bridgehead atoms. The monoisotopic (exact) mass is 221 g/mol. The number of benzene rings is 1. The summed E-state index contributed by atoms with van der Waals surface area (Å²) in [5, 5.41) is 0. The van der Waals surface area contributed by atoms with E-state index in [-0.39, 0.29) is 6.04 Å². The fourth-order valence-corrected chi connectivity index (χ4v) is 2.07. The maximum absolute atomic E-state index is 6.04. The minimum atomic E-state index is 0.0238. The SMILES string of the molecule is CCSc1ccc(C(N)C=C(C)C)cc1. The Hall–Kier alpha value is -0.730. The first-order valence-electron chi connectivity index (χ1n) is 5.27. The molecule has 0 heterocycles. The Balaban J connectivity index is 2.75. The maximum atomic E-state index is 6.04. The quantitative estimate of drug-likeness (QED) is 0.619. The van der Waals surface area contributed by atoms with Gasteiger partial charge in [-0.1, -0.05) is 30.7 Å². The molecule has 1 unspecified atom stereocenters. The molecule has 0 aliphatic heterocycles. The summed E-state index contributed by atoms with van der Waals surface area (Å²) in [5.41, 5.74) is 8.47. The van der Waals surface area contributed by atoms with Crippen LogP contribution < -0.4 is 5.73 Å². The molecule has 0 spiro atoms. The largest absolute Gasteiger partial charge is 0.321 e. The van der Waals surface area contributed by atoms with Crippen LogP contribution in [0.5, 0.6) is 0 Å². The van der Waals surface area contributed by atoms with E-state index in [0.29, 0.717) is 0 Å². The van der Waals surface area contributed by atoms with Gasteiger partial charge in [0, 0.05) is 10.9 Å². The van der Waals surface area contributed by atoms with Gasteiger partial charge in [0.25, 0.3) is 0 Å². The van der Waals surface area contributed by atoms with Crippen molar-refractivity contribution in [2.45, 2.75) is 31.7 Å². The van der Waals surface area contributed by atoms with Crippen molar-refractivity contribution in [3.63, 3.8) is 0 Å². The molecule has 82 valence electrons. The van der Waals surface area contributed by atoms with Crippen molar-refractivity contribution in [3.8, 4) is 0 Å². The normalized spacial score (nSPS) is 12.3. The average Bonchev–Trinajstić information content (AvgIpc) is 2.18. The fraction of sp³-hybridized carbons (Fsp3) is 0.385. The number of hydrogen-bond donors (Lipinski definition) is 1. The highest BCUT2D eigenvalue weighted by Gasteiger charge is 2.01. The Kier molecular flexibility index (Phi) is 4.92. The van der Waals surface area contributed by atoms with E-state index >= 15 is 0 Å². The summed E-state index contributed by atoms with van der Waals surface area (Å²) in [4.78, 5) is 1.31. The van der Waals surface area contributed by atoms with Gasteiger partial charge < -0.3 is 5.73 Å². The zero-order valence-corrected chi connectivity index (χ0v) is 10.5. The maximum Gasteiger partial charge on any atom is 0.0483 e. The van der Waals surface area contributed by atoms with E-state index in [4.69, 9.17) is 5.73 Å². The zero-order chi connectivity index (χ0) is 11.3. The molecule has 0 amide bonds. The lowest BCUT2D eigenvalue weighted by molar-refractivity contribution is 0.897. The van der Waals surface area contributed by atoms with Gasteiger partial charge in [0.1, 0.15) is 0 Å². The van der Waals surface area contributed by atoms with Crippen molar-refractivity contribution < 1.29 is 0 Å².